The maximum Gasteiger partial charge on any atom is 0.166 e. The van der Waals surface area contributed by atoms with Gasteiger partial charge in [0.05, 0.1) is 11.6 Å². The molecular weight excluding hydrogens is 290 g/mol. The minimum Gasteiger partial charge on any atom is -0.376 e. The van der Waals surface area contributed by atoms with Crippen molar-refractivity contribution in [3.05, 3.63) is 59.7 Å². The maximum atomic E-state index is 9.19. The van der Waals surface area contributed by atoms with Crippen LogP contribution in [0.5, 0.6) is 0 Å². The second-order valence-electron chi connectivity index (χ2n) is 5.11. The lowest BCUT2D eigenvalue weighted by Gasteiger charge is -2.22. The van der Waals surface area contributed by atoms with E-state index in [1.807, 2.05) is 41.3 Å². The molecule has 2 aromatic carbocycles. The van der Waals surface area contributed by atoms with E-state index in [4.69, 9.17) is 18.0 Å². The zero-order chi connectivity index (χ0) is 15.9. The molecule has 0 saturated heterocycles. The van der Waals surface area contributed by atoms with Gasteiger partial charge in [-0.2, -0.15) is 5.26 Å². The van der Waals surface area contributed by atoms with Crippen molar-refractivity contribution in [1.82, 2.24) is 4.90 Å². The van der Waals surface area contributed by atoms with Crippen LogP contribution in [0.1, 0.15) is 24.5 Å². The van der Waals surface area contributed by atoms with Gasteiger partial charge in [-0.1, -0.05) is 49.4 Å². The van der Waals surface area contributed by atoms with Gasteiger partial charge in [-0.15, -0.1) is 0 Å². The van der Waals surface area contributed by atoms with Gasteiger partial charge < -0.3 is 10.6 Å². The topological polar surface area (TPSA) is 53.0 Å². The molecule has 112 valence electrons. The van der Waals surface area contributed by atoms with Crippen molar-refractivity contribution >= 4 is 17.3 Å². The Morgan fingerprint density at radius 2 is 1.86 bits per heavy atom. The molecule has 0 bridgehead atoms. The van der Waals surface area contributed by atoms with E-state index in [0.717, 1.165) is 29.7 Å². The van der Waals surface area contributed by atoms with Gasteiger partial charge in [0.15, 0.2) is 5.11 Å². The van der Waals surface area contributed by atoms with Gasteiger partial charge in [-0.05, 0) is 41.4 Å². The smallest absolute Gasteiger partial charge is 0.166 e. The molecule has 0 fully saturated rings. The number of thiocarbonyl (C=S) groups is 1. The SMILES string of the molecule is CCCN(Cc1ccc(-c2ccccc2C#N)cc1)C(N)=S. The lowest BCUT2D eigenvalue weighted by molar-refractivity contribution is 0.415. The first-order valence-electron chi connectivity index (χ1n) is 7.28. The number of benzene rings is 2. The second kappa shape index (κ2) is 7.58. The second-order valence-corrected chi connectivity index (χ2v) is 5.53. The molecular formula is C18H19N3S. The predicted molar refractivity (Wildman–Crippen MR) is 94.1 cm³/mol. The Hall–Kier alpha value is -2.38. The molecule has 0 unspecified atom stereocenters. The van der Waals surface area contributed by atoms with Crippen LogP contribution in [0.4, 0.5) is 0 Å². The quantitative estimate of drug-likeness (QED) is 0.856. The number of nitrogens with two attached hydrogens (primary N) is 1. The molecule has 0 spiro atoms. The van der Waals surface area contributed by atoms with Crippen molar-refractivity contribution in [3.8, 4) is 17.2 Å². The average Bonchev–Trinajstić information content (AvgIpc) is 2.55. The Bertz CT molecular complexity index is 686. The molecule has 0 aliphatic carbocycles. The van der Waals surface area contributed by atoms with Crippen molar-refractivity contribution in [2.45, 2.75) is 19.9 Å². The monoisotopic (exact) mass is 309 g/mol. The zero-order valence-electron chi connectivity index (χ0n) is 12.6. The molecule has 0 aliphatic heterocycles. The molecule has 0 amide bonds. The predicted octanol–water partition coefficient (Wildman–Crippen LogP) is 3.68. The van der Waals surface area contributed by atoms with Crippen molar-refractivity contribution in [3.63, 3.8) is 0 Å². The molecule has 0 atom stereocenters. The van der Waals surface area contributed by atoms with E-state index in [0.29, 0.717) is 17.2 Å². The average molecular weight is 309 g/mol. The first-order chi connectivity index (χ1) is 10.7. The van der Waals surface area contributed by atoms with Crippen LogP contribution in [0.15, 0.2) is 48.5 Å². The van der Waals surface area contributed by atoms with Gasteiger partial charge in [0.25, 0.3) is 0 Å². The van der Waals surface area contributed by atoms with Crippen LogP contribution in [0, 0.1) is 11.3 Å². The Balaban J connectivity index is 2.20. The standard InChI is InChI=1S/C18H19N3S/c1-2-11-21(18(20)22)13-14-7-9-15(10-8-14)17-6-4-3-5-16(17)12-19/h3-10H,2,11,13H2,1H3,(H2,20,22). The summed E-state index contributed by atoms with van der Waals surface area (Å²) >= 11 is 5.08. The van der Waals surface area contributed by atoms with Crippen LogP contribution in [0.3, 0.4) is 0 Å². The van der Waals surface area contributed by atoms with Gasteiger partial charge in [0.2, 0.25) is 0 Å². The van der Waals surface area contributed by atoms with Gasteiger partial charge in [-0.3, -0.25) is 0 Å². The van der Waals surface area contributed by atoms with E-state index >= 15 is 0 Å². The largest absolute Gasteiger partial charge is 0.376 e. The van der Waals surface area contributed by atoms with Crippen molar-refractivity contribution in [2.75, 3.05) is 6.54 Å². The van der Waals surface area contributed by atoms with Crippen molar-refractivity contribution < 1.29 is 0 Å². The third-order valence-corrected chi connectivity index (χ3v) is 3.75. The number of rotatable bonds is 5. The molecule has 2 rings (SSSR count). The summed E-state index contributed by atoms with van der Waals surface area (Å²) in [5.74, 6) is 0. The molecule has 0 aliphatic rings. The molecule has 2 aromatic rings. The number of hydrogen-bond acceptors (Lipinski definition) is 2. The Kier molecular flexibility index (Phi) is 5.51. The molecule has 0 saturated carbocycles. The summed E-state index contributed by atoms with van der Waals surface area (Å²) in [7, 11) is 0. The van der Waals surface area contributed by atoms with Crippen molar-refractivity contribution in [1.29, 1.82) is 5.26 Å². The Morgan fingerprint density at radius 3 is 2.45 bits per heavy atom. The van der Waals surface area contributed by atoms with E-state index < -0.39 is 0 Å². The van der Waals surface area contributed by atoms with Crippen LogP contribution in [0.2, 0.25) is 0 Å². The summed E-state index contributed by atoms with van der Waals surface area (Å²) in [6, 6.07) is 18.0. The summed E-state index contributed by atoms with van der Waals surface area (Å²) in [5.41, 5.74) is 9.58. The van der Waals surface area contributed by atoms with Crippen LogP contribution in [-0.2, 0) is 6.54 Å². The lowest BCUT2D eigenvalue weighted by atomic mass is 9.99. The van der Waals surface area contributed by atoms with Gasteiger partial charge in [0.1, 0.15) is 0 Å². The van der Waals surface area contributed by atoms with Gasteiger partial charge in [0, 0.05) is 13.1 Å². The number of nitrogens with zero attached hydrogens (tertiary/aromatic N) is 2. The minimum absolute atomic E-state index is 0.431. The van der Waals surface area contributed by atoms with E-state index in [9.17, 15) is 5.26 Å². The molecule has 0 heterocycles. The van der Waals surface area contributed by atoms with Crippen LogP contribution < -0.4 is 5.73 Å². The van der Waals surface area contributed by atoms with Crippen LogP contribution in [-0.4, -0.2) is 16.6 Å². The van der Waals surface area contributed by atoms with Gasteiger partial charge >= 0.3 is 0 Å². The first kappa shape index (κ1) is 16.0. The zero-order valence-corrected chi connectivity index (χ0v) is 13.4. The molecule has 3 nitrogen and oxygen atoms in total. The van der Waals surface area contributed by atoms with Crippen LogP contribution >= 0.6 is 12.2 Å². The number of hydrogen-bond donors (Lipinski definition) is 1. The lowest BCUT2D eigenvalue weighted by Crippen LogP contribution is -2.35. The molecule has 22 heavy (non-hydrogen) atoms. The minimum atomic E-state index is 0.431. The van der Waals surface area contributed by atoms with Gasteiger partial charge in [-0.25, -0.2) is 0 Å². The van der Waals surface area contributed by atoms with E-state index in [1.165, 1.54) is 0 Å². The molecule has 0 aromatic heterocycles. The van der Waals surface area contributed by atoms with E-state index in [1.54, 1.807) is 0 Å². The van der Waals surface area contributed by atoms with Crippen molar-refractivity contribution in [2.24, 2.45) is 5.73 Å². The number of nitriles is 1. The molecule has 0 radical (unpaired) electrons. The molecule has 4 heteroatoms. The fourth-order valence-electron chi connectivity index (χ4n) is 2.38. The fraction of sp³-hybridized carbons (Fsp3) is 0.222. The summed E-state index contributed by atoms with van der Waals surface area (Å²) in [6.45, 7) is 3.67. The first-order valence-corrected chi connectivity index (χ1v) is 7.69. The molecule has 2 N–H and O–H groups in total. The third kappa shape index (κ3) is 3.84. The Labute approximate surface area is 137 Å². The fourth-order valence-corrected chi connectivity index (χ4v) is 2.54. The highest BCUT2D eigenvalue weighted by Crippen LogP contribution is 2.23. The maximum absolute atomic E-state index is 9.19. The van der Waals surface area contributed by atoms with E-state index in [-0.39, 0.29) is 0 Å². The highest BCUT2D eigenvalue weighted by Gasteiger charge is 2.07. The summed E-state index contributed by atoms with van der Waals surface area (Å²) in [6.07, 6.45) is 1.00. The normalized spacial score (nSPS) is 10.0. The summed E-state index contributed by atoms with van der Waals surface area (Å²) < 4.78 is 0. The Morgan fingerprint density at radius 1 is 1.18 bits per heavy atom. The summed E-state index contributed by atoms with van der Waals surface area (Å²) in [5, 5.41) is 9.62. The van der Waals surface area contributed by atoms with Crippen LogP contribution in [0.25, 0.3) is 11.1 Å². The van der Waals surface area contributed by atoms with E-state index in [2.05, 4.69) is 25.1 Å². The third-order valence-electron chi connectivity index (χ3n) is 3.49. The highest BCUT2D eigenvalue weighted by molar-refractivity contribution is 7.80. The highest BCUT2D eigenvalue weighted by atomic mass is 32.1. The summed E-state index contributed by atoms with van der Waals surface area (Å²) in [4.78, 5) is 1.99.